The second kappa shape index (κ2) is 11.8. The first-order chi connectivity index (χ1) is 10.8. The van der Waals surface area contributed by atoms with Crippen LogP contribution in [0.15, 0.2) is 36.9 Å². The van der Waals surface area contributed by atoms with Crippen LogP contribution in [0.25, 0.3) is 0 Å². The summed E-state index contributed by atoms with van der Waals surface area (Å²) >= 11 is 0. The molecule has 122 valence electrons. The van der Waals surface area contributed by atoms with Crippen LogP contribution in [0.2, 0.25) is 0 Å². The number of hydrogen-bond donors (Lipinski definition) is 1. The Bertz CT molecular complexity index is 443. The quantitative estimate of drug-likeness (QED) is 0.418. The number of amides is 1. The molecule has 0 aliphatic heterocycles. The number of nitrogens with one attached hydrogen (secondary N) is 1. The molecule has 0 unspecified atom stereocenters. The van der Waals surface area contributed by atoms with Gasteiger partial charge in [-0.2, -0.15) is 0 Å². The second-order valence-electron chi connectivity index (χ2n) is 5.43. The number of hydrogen-bond acceptors (Lipinski definition) is 2. The van der Waals surface area contributed by atoms with Crippen LogP contribution >= 0.6 is 0 Å². The number of para-hydroxylation sites is 2. The highest BCUT2D eigenvalue weighted by atomic mass is 16.5. The number of carbonyl (C=O) groups excluding carboxylic acids is 1. The van der Waals surface area contributed by atoms with Gasteiger partial charge in [0, 0.05) is 6.42 Å². The molecule has 1 N–H and O–H groups in total. The zero-order chi connectivity index (χ0) is 16.0. The summed E-state index contributed by atoms with van der Waals surface area (Å²) < 4.78 is 5.51. The number of anilines is 1. The minimum atomic E-state index is 0.0683. The van der Waals surface area contributed by atoms with E-state index in [2.05, 4.69) is 11.9 Å². The molecular formula is C19H29NO2. The SMILES string of the molecule is C=CCCCCCCCCC(=O)Nc1ccccc1OCC. The molecule has 0 spiro atoms. The molecule has 22 heavy (non-hydrogen) atoms. The lowest BCUT2D eigenvalue weighted by atomic mass is 10.1. The topological polar surface area (TPSA) is 38.3 Å². The lowest BCUT2D eigenvalue weighted by Crippen LogP contribution is -2.12. The second-order valence-corrected chi connectivity index (χ2v) is 5.43. The third-order valence-electron chi connectivity index (χ3n) is 3.52. The summed E-state index contributed by atoms with van der Waals surface area (Å²) in [5, 5.41) is 2.94. The summed E-state index contributed by atoms with van der Waals surface area (Å²) in [4.78, 5) is 12.0. The summed E-state index contributed by atoms with van der Waals surface area (Å²) in [6, 6.07) is 7.57. The molecule has 0 bridgehead atoms. The molecule has 0 aromatic heterocycles. The first-order valence-electron chi connectivity index (χ1n) is 8.40. The molecule has 0 heterocycles. The maximum absolute atomic E-state index is 12.0. The van der Waals surface area contributed by atoms with E-state index < -0.39 is 0 Å². The van der Waals surface area contributed by atoms with Gasteiger partial charge in [0.2, 0.25) is 5.91 Å². The largest absolute Gasteiger partial charge is 0.492 e. The van der Waals surface area contributed by atoms with Gasteiger partial charge in [0.25, 0.3) is 0 Å². The Morgan fingerprint density at radius 2 is 1.82 bits per heavy atom. The van der Waals surface area contributed by atoms with Gasteiger partial charge in [-0.3, -0.25) is 4.79 Å². The fourth-order valence-corrected chi connectivity index (χ4v) is 2.35. The minimum absolute atomic E-state index is 0.0683. The highest BCUT2D eigenvalue weighted by Gasteiger charge is 2.06. The Morgan fingerprint density at radius 1 is 1.14 bits per heavy atom. The number of ether oxygens (including phenoxy) is 1. The normalized spacial score (nSPS) is 10.2. The maximum Gasteiger partial charge on any atom is 0.224 e. The van der Waals surface area contributed by atoms with E-state index >= 15 is 0 Å². The van der Waals surface area contributed by atoms with Crippen molar-refractivity contribution in [1.29, 1.82) is 0 Å². The van der Waals surface area contributed by atoms with Gasteiger partial charge < -0.3 is 10.1 Å². The Labute approximate surface area is 134 Å². The van der Waals surface area contributed by atoms with Gasteiger partial charge in [0.1, 0.15) is 5.75 Å². The predicted molar refractivity (Wildman–Crippen MR) is 93.4 cm³/mol. The summed E-state index contributed by atoms with van der Waals surface area (Å²) in [7, 11) is 0. The van der Waals surface area contributed by atoms with Crippen LogP contribution in [-0.4, -0.2) is 12.5 Å². The molecule has 1 rings (SSSR count). The monoisotopic (exact) mass is 303 g/mol. The number of benzene rings is 1. The Morgan fingerprint density at radius 3 is 2.55 bits per heavy atom. The van der Waals surface area contributed by atoms with Gasteiger partial charge in [0.05, 0.1) is 12.3 Å². The van der Waals surface area contributed by atoms with E-state index in [4.69, 9.17) is 4.74 Å². The number of rotatable bonds is 12. The number of carbonyl (C=O) groups is 1. The van der Waals surface area contributed by atoms with Gasteiger partial charge in [-0.25, -0.2) is 0 Å². The van der Waals surface area contributed by atoms with E-state index in [-0.39, 0.29) is 5.91 Å². The van der Waals surface area contributed by atoms with E-state index in [9.17, 15) is 4.79 Å². The summed E-state index contributed by atoms with van der Waals surface area (Å²) in [5.74, 6) is 0.805. The molecular weight excluding hydrogens is 274 g/mol. The van der Waals surface area contributed by atoms with Gasteiger partial charge in [-0.15, -0.1) is 6.58 Å². The summed E-state index contributed by atoms with van der Waals surface area (Å²) in [5.41, 5.74) is 0.763. The Balaban J connectivity index is 2.17. The summed E-state index contributed by atoms with van der Waals surface area (Å²) in [6.07, 6.45) is 10.7. The van der Waals surface area contributed by atoms with Crippen molar-refractivity contribution in [2.24, 2.45) is 0 Å². The summed E-state index contributed by atoms with van der Waals surface area (Å²) in [6.45, 7) is 6.26. The van der Waals surface area contributed by atoms with Crippen LogP contribution in [0.4, 0.5) is 5.69 Å². The van der Waals surface area contributed by atoms with E-state index in [1.54, 1.807) is 0 Å². The van der Waals surface area contributed by atoms with Gasteiger partial charge in [-0.1, -0.05) is 43.9 Å². The molecule has 1 amide bonds. The van der Waals surface area contributed by atoms with Crippen LogP contribution < -0.4 is 10.1 Å². The Hall–Kier alpha value is -1.77. The predicted octanol–water partition coefficient (Wildman–Crippen LogP) is 5.33. The first-order valence-corrected chi connectivity index (χ1v) is 8.40. The fourth-order valence-electron chi connectivity index (χ4n) is 2.35. The third-order valence-corrected chi connectivity index (χ3v) is 3.52. The zero-order valence-corrected chi connectivity index (χ0v) is 13.8. The maximum atomic E-state index is 12.0. The molecule has 0 atom stereocenters. The number of unbranched alkanes of at least 4 members (excludes halogenated alkanes) is 6. The molecule has 1 aromatic carbocycles. The van der Waals surface area contributed by atoms with E-state index in [0.717, 1.165) is 30.7 Å². The smallest absolute Gasteiger partial charge is 0.224 e. The van der Waals surface area contributed by atoms with Crippen molar-refractivity contribution < 1.29 is 9.53 Å². The first kappa shape index (κ1) is 18.3. The van der Waals surface area contributed by atoms with Gasteiger partial charge >= 0.3 is 0 Å². The lowest BCUT2D eigenvalue weighted by Gasteiger charge is -2.11. The van der Waals surface area contributed by atoms with Crippen molar-refractivity contribution in [1.82, 2.24) is 0 Å². The van der Waals surface area contributed by atoms with Crippen molar-refractivity contribution in [3.05, 3.63) is 36.9 Å². The standard InChI is InChI=1S/C19H29NO2/c1-3-5-6-7-8-9-10-11-16-19(21)20-17-14-12-13-15-18(17)22-4-2/h3,12-15H,1,4-11,16H2,2H3,(H,20,21). The van der Waals surface area contributed by atoms with Crippen LogP contribution in [0, 0.1) is 0 Å². The van der Waals surface area contributed by atoms with Gasteiger partial charge in [-0.05, 0) is 38.3 Å². The van der Waals surface area contributed by atoms with Crippen LogP contribution in [-0.2, 0) is 4.79 Å². The lowest BCUT2D eigenvalue weighted by molar-refractivity contribution is -0.116. The molecule has 0 aliphatic rings. The van der Waals surface area contributed by atoms with E-state index in [1.807, 2.05) is 37.3 Å². The number of allylic oxidation sites excluding steroid dienone is 1. The van der Waals surface area contributed by atoms with Gasteiger partial charge in [0.15, 0.2) is 0 Å². The van der Waals surface area contributed by atoms with Crippen molar-refractivity contribution in [3.63, 3.8) is 0 Å². The molecule has 0 saturated heterocycles. The van der Waals surface area contributed by atoms with E-state index in [0.29, 0.717) is 13.0 Å². The Kier molecular flexibility index (Phi) is 9.84. The highest BCUT2D eigenvalue weighted by Crippen LogP contribution is 2.24. The highest BCUT2D eigenvalue weighted by molar-refractivity contribution is 5.92. The van der Waals surface area contributed by atoms with Crippen molar-refractivity contribution in [2.45, 2.75) is 58.3 Å². The van der Waals surface area contributed by atoms with Crippen molar-refractivity contribution >= 4 is 11.6 Å². The van der Waals surface area contributed by atoms with Crippen molar-refractivity contribution in [2.75, 3.05) is 11.9 Å². The average molecular weight is 303 g/mol. The van der Waals surface area contributed by atoms with Crippen LogP contribution in [0.3, 0.4) is 0 Å². The molecule has 0 radical (unpaired) electrons. The van der Waals surface area contributed by atoms with E-state index in [1.165, 1.54) is 25.7 Å². The average Bonchev–Trinajstić information content (AvgIpc) is 2.52. The molecule has 3 heteroatoms. The molecule has 0 aliphatic carbocycles. The minimum Gasteiger partial charge on any atom is -0.492 e. The van der Waals surface area contributed by atoms with Crippen molar-refractivity contribution in [3.8, 4) is 5.75 Å². The fraction of sp³-hybridized carbons (Fsp3) is 0.526. The third kappa shape index (κ3) is 7.87. The molecule has 0 fully saturated rings. The van der Waals surface area contributed by atoms with Crippen LogP contribution in [0.5, 0.6) is 5.75 Å². The zero-order valence-electron chi connectivity index (χ0n) is 13.8. The molecule has 0 saturated carbocycles. The molecule has 1 aromatic rings. The van der Waals surface area contributed by atoms with Crippen LogP contribution in [0.1, 0.15) is 58.3 Å². The molecule has 3 nitrogen and oxygen atoms in total.